The number of hydrogen-bond acceptors (Lipinski definition) is 3. The summed E-state index contributed by atoms with van der Waals surface area (Å²) in [5.74, 6) is 0.414. The summed E-state index contributed by atoms with van der Waals surface area (Å²) < 4.78 is 12.9. The van der Waals surface area contributed by atoms with Crippen LogP contribution in [0, 0.1) is 5.82 Å². The highest BCUT2D eigenvalue weighted by atomic mass is 32.2. The van der Waals surface area contributed by atoms with Crippen molar-refractivity contribution in [1.82, 2.24) is 4.98 Å². The minimum absolute atomic E-state index is 0.293. The van der Waals surface area contributed by atoms with Gasteiger partial charge in [0.2, 0.25) is 0 Å². The van der Waals surface area contributed by atoms with Crippen LogP contribution in [0.5, 0.6) is 0 Å². The highest BCUT2D eigenvalue weighted by Crippen LogP contribution is 2.23. The van der Waals surface area contributed by atoms with E-state index in [9.17, 15) is 4.39 Å². The first kappa shape index (κ1) is 12.1. The highest BCUT2D eigenvalue weighted by molar-refractivity contribution is 7.98. The lowest BCUT2D eigenvalue weighted by molar-refractivity contribution is 0.619. The zero-order valence-electron chi connectivity index (χ0n) is 9.27. The molecule has 2 N–H and O–H groups in total. The van der Waals surface area contributed by atoms with E-state index in [0.29, 0.717) is 12.3 Å². The van der Waals surface area contributed by atoms with Crippen molar-refractivity contribution in [3.8, 4) is 0 Å². The molecule has 1 heterocycles. The summed E-state index contributed by atoms with van der Waals surface area (Å²) in [4.78, 5) is 4.96. The number of halogens is 1. The van der Waals surface area contributed by atoms with Crippen molar-refractivity contribution in [2.24, 2.45) is 5.73 Å². The van der Waals surface area contributed by atoms with Gasteiger partial charge in [-0.3, -0.25) is 4.98 Å². The van der Waals surface area contributed by atoms with Gasteiger partial charge in [0.15, 0.2) is 0 Å². The average molecular weight is 248 g/mol. The Labute approximate surface area is 104 Å². The fourth-order valence-electron chi connectivity index (χ4n) is 1.46. The van der Waals surface area contributed by atoms with Crippen molar-refractivity contribution in [3.63, 3.8) is 0 Å². The summed E-state index contributed by atoms with van der Waals surface area (Å²) in [5.41, 5.74) is 7.56. The molecule has 0 radical (unpaired) electrons. The number of hydrogen-bond donors (Lipinski definition) is 1. The van der Waals surface area contributed by atoms with Crippen LogP contribution in [0.15, 0.2) is 47.6 Å². The van der Waals surface area contributed by atoms with Crippen molar-refractivity contribution < 1.29 is 4.39 Å². The molecule has 0 spiro atoms. The summed E-state index contributed by atoms with van der Waals surface area (Å²) in [6.07, 6.45) is 2.89. The molecule has 0 saturated carbocycles. The summed E-state index contributed by atoms with van der Waals surface area (Å²) in [6.45, 7) is 0.538. The minimum atomic E-state index is -0.293. The smallest absolute Gasteiger partial charge is 0.141 e. The van der Waals surface area contributed by atoms with E-state index < -0.39 is 0 Å². The lowest BCUT2D eigenvalue weighted by Crippen LogP contribution is -1.95. The number of nitrogens with two attached hydrogens (primary N) is 1. The second-order valence-corrected chi connectivity index (χ2v) is 4.70. The van der Waals surface area contributed by atoms with Gasteiger partial charge >= 0.3 is 0 Å². The molecule has 0 aliphatic carbocycles. The van der Waals surface area contributed by atoms with Gasteiger partial charge in [0.05, 0.1) is 6.20 Å². The molecule has 0 aliphatic rings. The van der Waals surface area contributed by atoms with Crippen LogP contribution in [0.2, 0.25) is 0 Å². The first-order valence-corrected chi connectivity index (χ1v) is 6.28. The van der Waals surface area contributed by atoms with Crippen molar-refractivity contribution in [3.05, 3.63) is 59.7 Å². The maximum absolute atomic E-state index is 12.9. The molecule has 0 aliphatic heterocycles. The molecule has 17 heavy (non-hydrogen) atoms. The van der Waals surface area contributed by atoms with Gasteiger partial charge in [-0.15, -0.1) is 11.8 Å². The molecule has 0 bridgehead atoms. The van der Waals surface area contributed by atoms with E-state index in [0.717, 1.165) is 16.0 Å². The van der Waals surface area contributed by atoms with Gasteiger partial charge in [0.1, 0.15) is 5.82 Å². The molecule has 2 rings (SSSR count). The summed E-state index contributed by atoms with van der Waals surface area (Å²) >= 11 is 1.65. The van der Waals surface area contributed by atoms with Gasteiger partial charge in [0, 0.05) is 23.4 Å². The van der Waals surface area contributed by atoms with Crippen LogP contribution in [-0.2, 0) is 12.3 Å². The Morgan fingerprint density at radius 1 is 1.18 bits per heavy atom. The number of aromatic nitrogens is 1. The fraction of sp³-hybridized carbons (Fsp3) is 0.154. The van der Waals surface area contributed by atoms with Crippen molar-refractivity contribution >= 4 is 11.8 Å². The molecule has 0 unspecified atom stereocenters. The van der Waals surface area contributed by atoms with Crippen LogP contribution in [0.25, 0.3) is 0 Å². The van der Waals surface area contributed by atoms with Crippen molar-refractivity contribution in [1.29, 1.82) is 0 Å². The van der Waals surface area contributed by atoms with Gasteiger partial charge in [-0.2, -0.15) is 0 Å². The molecular weight excluding hydrogens is 235 g/mol. The molecule has 2 nitrogen and oxygen atoms in total. The van der Waals surface area contributed by atoms with E-state index in [1.165, 1.54) is 12.3 Å². The maximum atomic E-state index is 12.9. The summed E-state index contributed by atoms with van der Waals surface area (Å²) in [5, 5.41) is 0. The Bertz CT molecular complexity index is 502. The molecule has 0 atom stereocenters. The normalized spacial score (nSPS) is 10.5. The Kier molecular flexibility index (Phi) is 4.12. The second kappa shape index (κ2) is 5.80. The van der Waals surface area contributed by atoms with Crippen LogP contribution in [0.4, 0.5) is 4.39 Å². The van der Waals surface area contributed by atoms with Crippen LogP contribution in [0.1, 0.15) is 11.1 Å². The summed E-state index contributed by atoms with van der Waals surface area (Å²) in [7, 11) is 0. The topological polar surface area (TPSA) is 38.9 Å². The van der Waals surface area contributed by atoms with E-state index in [-0.39, 0.29) is 5.82 Å². The predicted octanol–water partition coefficient (Wildman–Crippen LogP) is 2.97. The van der Waals surface area contributed by atoms with E-state index in [1.54, 1.807) is 18.0 Å². The van der Waals surface area contributed by atoms with Gasteiger partial charge < -0.3 is 5.73 Å². The lowest BCUT2D eigenvalue weighted by atomic mass is 10.2. The third-order valence-electron chi connectivity index (χ3n) is 2.30. The van der Waals surface area contributed by atoms with E-state index >= 15 is 0 Å². The van der Waals surface area contributed by atoms with Crippen LogP contribution in [-0.4, -0.2) is 4.98 Å². The fourth-order valence-corrected chi connectivity index (χ4v) is 2.36. The SMILES string of the molecule is NCc1cccc(SCc2cncc(F)c2)c1. The second-order valence-electron chi connectivity index (χ2n) is 3.65. The molecule has 2 aromatic rings. The van der Waals surface area contributed by atoms with Gasteiger partial charge in [0.25, 0.3) is 0 Å². The quantitative estimate of drug-likeness (QED) is 0.845. The average Bonchev–Trinajstić information content (AvgIpc) is 2.37. The summed E-state index contributed by atoms with van der Waals surface area (Å²) in [6, 6.07) is 9.56. The lowest BCUT2D eigenvalue weighted by Gasteiger charge is -2.03. The van der Waals surface area contributed by atoms with Crippen LogP contribution >= 0.6 is 11.8 Å². The monoisotopic (exact) mass is 248 g/mol. The molecule has 0 amide bonds. The number of rotatable bonds is 4. The standard InChI is InChI=1S/C13H13FN2S/c14-12-4-11(7-16-8-12)9-17-13-3-1-2-10(5-13)6-15/h1-5,7-8H,6,9,15H2. The minimum Gasteiger partial charge on any atom is -0.326 e. The number of nitrogens with zero attached hydrogens (tertiary/aromatic N) is 1. The Morgan fingerprint density at radius 2 is 2.06 bits per heavy atom. The zero-order chi connectivity index (χ0) is 12.1. The highest BCUT2D eigenvalue weighted by Gasteiger charge is 1.99. The Balaban J connectivity index is 2.02. The molecule has 0 fully saturated rings. The first-order valence-electron chi connectivity index (χ1n) is 5.29. The molecule has 4 heteroatoms. The van der Waals surface area contributed by atoms with Crippen molar-refractivity contribution in [2.45, 2.75) is 17.2 Å². The third kappa shape index (κ3) is 3.54. The van der Waals surface area contributed by atoms with Crippen LogP contribution < -0.4 is 5.73 Å². The molecule has 88 valence electrons. The predicted molar refractivity (Wildman–Crippen MR) is 68.1 cm³/mol. The van der Waals surface area contributed by atoms with Crippen LogP contribution in [0.3, 0.4) is 0 Å². The Morgan fingerprint density at radius 3 is 2.82 bits per heavy atom. The van der Waals surface area contributed by atoms with E-state index in [4.69, 9.17) is 5.73 Å². The number of benzene rings is 1. The zero-order valence-corrected chi connectivity index (χ0v) is 10.1. The Hall–Kier alpha value is -1.39. The van der Waals surface area contributed by atoms with Gasteiger partial charge in [-0.1, -0.05) is 12.1 Å². The van der Waals surface area contributed by atoms with Crippen molar-refractivity contribution in [2.75, 3.05) is 0 Å². The number of thioether (sulfide) groups is 1. The maximum Gasteiger partial charge on any atom is 0.141 e. The molecule has 0 saturated heterocycles. The molecular formula is C13H13FN2S. The van der Waals surface area contributed by atoms with Gasteiger partial charge in [-0.05, 0) is 29.3 Å². The van der Waals surface area contributed by atoms with E-state index in [2.05, 4.69) is 11.1 Å². The first-order chi connectivity index (χ1) is 8.28. The third-order valence-corrected chi connectivity index (χ3v) is 3.37. The largest absolute Gasteiger partial charge is 0.326 e. The van der Waals surface area contributed by atoms with Gasteiger partial charge in [-0.25, -0.2) is 4.39 Å². The molecule has 1 aromatic heterocycles. The number of pyridine rings is 1. The van der Waals surface area contributed by atoms with E-state index in [1.807, 2.05) is 18.2 Å². The molecule has 1 aromatic carbocycles.